The van der Waals surface area contributed by atoms with Gasteiger partial charge in [0.2, 0.25) is 0 Å². The van der Waals surface area contributed by atoms with Gasteiger partial charge in [0.15, 0.2) is 22.1 Å². The Kier molecular flexibility index (Phi) is 6.80. The summed E-state index contributed by atoms with van der Waals surface area (Å²) in [5, 5.41) is 14.9. The fourth-order valence-corrected chi connectivity index (χ4v) is 5.48. The maximum atomic E-state index is 13.5. The predicted octanol–water partition coefficient (Wildman–Crippen LogP) is 4.71. The summed E-state index contributed by atoms with van der Waals surface area (Å²) in [5.41, 5.74) is 2.70. The van der Waals surface area contributed by atoms with Crippen LogP contribution in [0.1, 0.15) is 43.0 Å². The molecule has 1 unspecified atom stereocenters. The first-order valence-corrected chi connectivity index (χ1v) is 13.4. The van der Waals surface area contributed by atoms with Crippen molar-refractivity contribution in [2.75, 3.05) is 38.5 Å². The van der Waals surface area contributed by atoms with E-state index in [0.717, 1.165) is 18.5 Å². The molecule has 0 aliphatic heterocycles. The molecule has 202 valence electrons. The standard InChI is InChI=1S/C25H29N5O7S/c1-13(33-2)15-8-21(35-4)24(22(9-15)36-5)38(31,32)30-25-16-10-20(34-3)18(11-19(16)37-29-25)26-23-12-17(27-28-23)14-6-7-14/h8-14H,6-7H2,1-5H3,(H,29,30)(H2,26,27,28). The van der Waals surface area contributed by atoms with Gasteiger partial charge in [0.05, 0.1) is 38.5 Å². The molecule has 1 fully saturated rings. The van der Waals surface area contributed by atoms with Crippen LogP contribution in [-0.4, -0.2) is 52.2 Å². The van der Waals surface area contributed by atoms with E-state index in [4.69, 9.17) is 23.5 Å². The van der Waals surface area contributed by atoms with Crippen molar-refractivity contribution in [1.29, 1.82) is 0 Å². The minimum atomic E-state index is -4.22. The Morgan fingerprint density at radius 1 is 1.00 bits per heavy atom. The molecule has 13 heteroatoms. The number of rotatable bonds is 11. The third-order valence-electron chi connectivity index (χ3n) is 6.48. The molecule has 1 aliphatic rings. The molecule has 2 aromatic heterocycles. The van der Waals surface area contributed by atoms with Gasteiger partial charge in [0.1, 0.15) is 17.2 Å². The van der Waals surface area contributed by atoms with Crippen molar-refractivity contribution in [3.8, 4) is 17.2 Å². The lowest BCUT2D eigenvalue weighted by molar-refractivity contribution is 0.119. The molecule has 12 nitrogen and oxygen atoms in total. The normalized spacial score (nSPS) is 14.3. The van der Waals surface area contributed by atoms with E-state index in [1.807, 2.05) is 13.0 Å². The third kappa shape index (κ3) is 4.82. The minimum Gasteiger partial charge on any atom is -0.495 e. The van der Waals surface area contributed by atoms with Crippen molar-refractivity contribution in [2.24, 2.45) is 0 Å². The molecule has 0 bridgehead atoms. The fourth-order valence-electron chi connectivity index (χ4n) is 4.16. The molecule has 3 N–H and O–H groups in total. The summed E-state index contributed by atoms with van der Waals surface area (Å²) < 4.78 is 56.8. The summed E-state index contributed by atoms with van der Waals surface area (Å²) in [6.45, 7) is 1.83. The van der Waals surface area contributed by atoms with Gasteiger partial charge >= 0.3 is 0 Å². The van der Waals surface area contributed by atoms with E-state index in [1.54, 1.807) is 31.4 Å². The van der Waals surface area contributed by atoms with E-state index in [-0.39, 0.29) is 28.3 Å². The first-order valence-electron chi connectivity index (χ1n) is 11.9. The van der Waals surface area contributed by atoms with Crippen LogP contribution in [0.2, 0.25) is 0 Å². The second-order valence-corrected chi connectivity index (χ2v) is 10.5. The van der Waals surface area contributed by atoms with Gasteiger partial charge in [-0.1, -0.05) is 5.16 Å². The summed E-state index contributed by atoms with van der Waals surface area (Å²) in [6, 6.07) is 8.46. The van der Waals surface area contributed by atoms with Crippen molar-refractivity contribution in [3.05, 3.63) is 41.6 Å². The first-order chi connectivity index (χ1) is 18.3. The number of fused-ring (bicyclic) bond motifs is 1. The van der Waals surface area contributed by atoms with Crippen LogP contribution in [0.4, 0.5) is 17.3 Å². The van der Waals surface area contributed by atoms with E-state index < -0.39 is 10.0 Å². The SMILES string of the molecule is COc1cc2c(NS(=O)(=O)c3c(OC)cc(C(C)OC)cc3OC)noc2cc1Nc1cc(C2CC2)[nH]n1. The van der Waals surface area contributed by atoms with Gasteiger partial charge in [-0.05, 0) is 43.5 Å². The number of nitrogens with one attached hydrogen (secondary N) is 3. The number of aromatic amines is 1. The second-order valence-electron chi connectivity index (χ2n) is 8.93. The Bertz CT molecular complexity index is 1550. The van der Waals surface area contributed by atoms with Gasteiger partial charge < -0.3 is 28.8 Å². The zero-order valence-corrected chi connectivity index (χ0v) is 22.4. The van der Waals surface area contributed by atoms with Crippen molar-refractivity contribution in [1.82, 2.24) is 15.4 Å². The molecule has 1 aliphatic carbocycles. The topological polar surface area (TPSA) is 150 Å². The molecule has 4 aromatic rings. The quantitative estimate of drug-likeness (QED) is 0.243. The maximum Gasteiger partial charge on any atom is 0.270 e. The van der Waals surface area contributed by atoms with Crippen molar-refractivity contribution < 1.29 is 31.9 Å². The largest absolute Gasteiger partial charge is 0.495 e. The highest BCUT2D eigenvalue weighted by atomic mass is 32.2. The molecular formula is C25H29N5O7S. The maximum absolute atomic E-state index is 13.5. The minimum absolute atomic E-state index is 0.0147. The molecule has 5 rings (SSSR count). The van der Waals surface area contributed by atoms with Gasteiger partial charge in [0.25, 0.3) is 10.0 Å². The molecule has 1 saturated carbocycles. The number of hydrogen-bond acceptors (Lipinski definition) is 10. The lowest BCUT2D eigenvalue weighted by Crippen LogP contribution is -2.16. The van der Waals surface area contributed by atoms with Gasteiger partial charge in [-0.15, -0.1) is 0 Å². The van der Waals surface area contributed by atoms with Crippen LogP contribution in [0.25, 0.3) is 11.0 Å². The summed E-state index contributed by atoms with van der Waals surface area (Å²) >= 11 is 0. The first kappa shape index (κ1) is 25.7. The summed E-state index contributed by atoms with van der Waals surface area (Å²) in [4.78, 5) is -0.180. The molecule has 2 aromatic carbocycles. The zero-order chi connectivity index (χ0) is 27.0. The lowest BCUT2D eigenvalue weighted by atomic mass is 10.1. The average molecular weight is 544 g/mol. The highest BCUT2D eigenvalue weighted by molar-refractivity contribution is 7.93. The number of nitrogens with zero attached hydrogens (tertiary/aromatic N) is 2. The van der Waals surface area contributed by atoms with E-state index in [9.17, 15) is 8.42 Å². The lowest BCUT2D eigenvalue weighted by Gasteiger charge is -2.18. The second kappa shape index (κ2) is 10.1. The molecule has 0 spiro atoms. The monoisotopic (exact) mass is 543 g/mol. The summed E-state index contributed by atoms with van der Waals surface area (Å²) in [7, 11) is 1.62. The van der Waals surface area contributed by atoms with Crippen LogP contribution in [-0.2, 0) is 14.8 Å². The number of aromatic nitrogens is 3. The molecule has 38 heavy (non-hydrogen) atoms. The van der Waals surface area contributed by atoms with E-state index in [1.165, 1.54) is 21.3 Å². The average Bonchev–Trinajstić information content (AvgIpc) is 3.56. The van der Waals surface area contributed by atoms with Gasteiger partial charge in [-0.25, -0.2) is 8.42 Å². The molecule has 0 saturated heterocycles. The summed E-state index contributed by atoms with van der Waals surface area (Å²) in [6.07, 6.45) is 2.00. The van der Waals surface area contributed by atoms with Crippen molar-refractivity contribution in [2.45, 2.75) is 36.7 Å². The highest BCUT2D eigenvalue weighted by Gasteiger charge is 2.29. The van der Waals surface area contributed by atoms with Crippen LogP contribution < -0.4 is 24.2 Å². The van der Waals surface area contributed by atoms with Gasteiger partial charge in [-0.2, -0.15) is 5.10 Å². The third-order valence-corrected chi connectivity index (χ3v) is 7.88. The van der Waals surface area contributed by atoms with Crippen molar-refractivity contribution >= 4 is 38.3 Å². The Balaban J connectivity index is 1.48. The van der Waals surface area contributed by atoms with Gasteiger partial charge in [0, 0.05) is 30.9 Å². The number of H-pyrrole nitrogens is 1. The van der Waals surface area contributed by atoms with E-state index in [2.05, 4.69) is 25.4 Å². The molecule has 1 atom stereocenters. The Labute approximate surface area is 219 Å². The van der Waals surface area contributed by atoms with Crippen molar-refractivity contribution in [3.63, 3.8) is 0 Å². The molecule has 0 amide bonds. The number of anilines is 3. The predicted molar refractivity (Wildman–Crippen MR) is 140 cm³/mol. The van der Waals surface area contributed by atoms with Crippen LogP contribution in [0, 0.1) is 0 Å². The Morgan fingerprint density at radius 2 is 1.68 bits per heavy atom. The highest BCUT2D eigenvalue weighted by Crippen LogP contribution is 2.42. The fraction of sp³-hybridized carbons (Fsp3) is 0.360. The van der Waals surface area contributed by atoms with Crippen LogP contribution in [0.3, 0.4) is 0 Å². The molecule has 2 heterocycles. The van der Waals surface area contributed by atoms with Crippen LogP contribution in [0.5, 0.6) is 17.2 Å². The van der Waals surface area contributed by atoms with Crippen LogP contribution in [0.15, 0.2) is 39.8 Å². The number of benzene rings is 2. The van der Waals surface area contributed by atoms with E-state index in [0.29, 0.717) is 39.7 Å². The number of sulfonamides is 1. The van der Waals surface area contributed by atoms with Crippen LogP contribution >= 0.6 is 0 Å². The number of hydrogen-bond donors (Lipinski definition) is 3. The molecular weight excluding hydrogens is 514 g/mol. The zero-order valence-electron chi connectivity index (χ0n) is 21.6. The molecule has 0 radical (unpaired) electrons. The number of ether oxygens (including phenoxy) is 4. The smallest absolute Gasteiger partial charge is 0.270 e. The van der Waals surface area contributed by atoms with Gasteiger partial charge in [-0.3, -0.25) is 9.82 Å². The number of methoxy groups -OCH3 is 4. The Morgan fingerprint density at radius 3 is 2.29 bits per heavy atom. The summed E-state index contributed by atoms with van der Waals surface area (Å²) in [5.74, 6) is 1.79. The van der Waals surface area contributed by atoms with E-state index >= 15 is 0 Å². The Hall–Kier alpha value is -3.97.